The second-order valence-corrected chi connectivity index (χ2v) is 6.99. The van der Waals surface area contributed by atoms with Crippen molar-refractivity contribution in [3.63, 3.8) is 0 Å². The minimum Gasteiger partial charge on any atom is -0.480 e. The minimum absolute atomic E-state index is 0.0992. The van der Waals surface area contributed by atoms with Gasteiger partial charge in [0.2, 0.25) is 0 Å². The summed E-state index contributed by atoms with van der Waals surface area (Å²) in [6, 6.07) is 1.57. The van der Waals surface area contributed by atoms with Crippen molar-refractivity contribution in [3.05, 3.63) is 39.4 Å². The Morgan fingerprint density at radius 3 is 2.78 bits per heavy atom. The standard InChI is InChI=1S/C18H20N4O5/c1-10(2)20-8-12-16(18(20)26)21(9-15(23)24)14-7-13(19-22(14)17(12)25)11-3-5-27-6-4-11/h3,7,10H,4-6,8-9H2,1-2H3,(H,23,24). The first-order chi connectivity index (χ1) is 12.9. The van der Waals surface area contributed by atoms with E-state index in [0.29, 0.717) is 31.0 Å². The summed E-state index contributed by atoms with van der Waals surface area (Å²) in [5.74, 6) is -1.42. The number of amides is 1. The van der Waals surface area contributed by atoms with E-state index in [1.807, 2.05) is 19.9 Å². The van der Waals surface area contributed by atoms with Crippen molar-refractivity contribution in [1.29, 1.82) is 0 Å². The Hall–Kier alpha value is -2.94. The van der Waals surface area contributed by atoms with Crippen LogP contribution in [0.1, 0.15) is 42.0 Å². The zero-order chi connectivity index (χ0) is 19.3. The molecule has 142 valence electrons. The van der Waals surface area contributed by atoms with Crippen molar-refractivity contribution in [2.45, 2.75) is 39.4 Å². The van der Waals surface area contributed by atoms with Gasteiger partial charge in [0.05, 0.1) is 31.0 Å². The number of aliphatic carboxylic acids is 1. The molecule has 0 spiro atoms. The van der Waals surface area contributed by atoms with Gasteiger partial charge in [-0.05, 0) is 25.8 Å². The van der Waals surface area contributed by atoms with Crippen molar-refractivity contribution >= 4 is 23.1 Å². The van der Waals surface area contributed by atoms with E-state index in [4.69, 9.17) is 4.74 Å². The van der Waals surface area contributed by atoms with Crippen molar-refractivity contribution in [1.82, 2.24) is 19.1 Å². The zero-order valence-electron chi connectivity index (χ0n) is 15.1. The Morgan fingerprint density at radius 1 is 1.37 bits per heavy atom. The van der Waals surface area contributed by atoms with Gasteiger partial charge in [-0.3, -0.25) is 14.4 Å². The fourth-order valence-corrected chi connectivity index (χ4v) is 3.61. The van der Waals surface area contributed by atoms with Gasteiger partial charge in [-0.15, -0.1) is 0 Å². The van der Waals surface area contributed by atoms with E-state index in [1.165, 1.54) is 9.08 Å². The third-order valence-electron chi connectivity index (χ3n) is 4.97. The quantitative estimate of drug-likeness (QED) is 0.849. The molecule has 0 saturated carbocycles. The number of carbonyl (C=O) groups excluding carboxylic acids is 1. The fourth-order valence-electron chi connectivity index (χ4n) is 3.61. The maximum Gasteiger partial charge on any atom is 0.323 e. The third-order valence-corrected chi connectivity index (χ3v) is 4.97. The van der Waals surface area contributed by atoms with Crippen LogP contribution >= 0.6 is 0 Å². The van der Waals surface area contributed by atoms with E-state index in [1.54, 1.807) is 11.0 Å². The Bertz CT molecular complexity index is 1050. The number of carboxylic acid groups (broad SMARTS) is 1. The Morgan fingerprint density at radius 2 is 2.15 bits per heavy atom. The smallest absolute Gasteiger partial charge is 0.323 e. The molecule has 2 aromatic heterocycles. The van der Waals surface area contributed by atoms with E-state index < -0.39 is 12.5 Å². The molecule has 4 heterocycles. The maximum absolute atomic E-state index is 13.0. The molecule has 9 heteroatoms. The highest BCUT2D eigenvalue weighted by Gasteiger charge is 2.36. The number of hydrogen-bond acceptors (Lipinski definition) is 5. The number of aromatic nitrogens is 3. The molecule has 0 aromatic carbocycles. The van der Waals surface area contributed by atoms with Gasteiger partial charge < -0.3 is 19.3 Å². The first-order valence-electron chi connectivity index (χ1n) is 8.84. The van der Waals surface area contributed by atoms with Crippen LogP contribution in [0.15, 0.2) is 16.9 Å². The first-order valence-corrected chi connectivity index (χ1v) is 8.84. The molecular weight excluding hydrogens is 352 g/mol. The molecule has 2 aromatic rings. The summed E-state index contributed by atoms with van der Waals surface area (Å²) in [5, 5.41) is 13.8. The molecule has 0 saturated heterocycles. The molecule has 0 bridgehead atoms. The summed E-state index contributed by atoms with van der Waals surface area (Å²) in [6.45, 7) is 4.49. The third kappa shape index (κ3) is 2.74. The second kappa shape index (κ2) is 6.34. The maximum atomic E-state index is 13.0. The van der Waals surface area contributed by atoms with Crippen molar-refractivity contribution < 1.29 is 19.4 Å². The lowest BCUT2D eigenvalue weighted by atomic mass is 10.1. The summed E-state index contributed by atoms with van der Waals surface area (Å²) >= 11 is 0. The highest BCUT2D eigenvalue weighted by atomic mass is 16.5. The first kappa shape index (κ1) is 17.5. The minimum atomic E-state index is -1.09. The molecule has 4 rings (SSSR count). The summed E-state index contributed by atoms with van der Waals surface area (Å²) in [6.07, 6.45) is 2.56. The summed E-state index contributed by atoms with van der Waals surface area (Å²) < 4.78 is 7.90. The van der Waals surface area contributed by atoms with Crippen molar-refractivity contribution in [3.8, 4) is 0 Å². The van der Waals surface area contributed by atoms with Crippen LogP contribution in [0.2, 0.25) is 0 Å². The predicted octanol–water partition coefficient (Wildman–Crippen LogP) is 0.748. The number of nitrogens with zero attached hydrogens (tertiary/aromatic N) is 4. The molecule has 1 amide bonds. The van der Waals surface area contributed by atoms with Crippen LogP contribution in [0.25, 0.3) is 11.2 Å². The van der Waals surface area contributed by atoms with Crippen LogP contribution in [0.5, 0.6) is 0 Å². The van der Waals surface area contributed by atoms with Gasteiger partial charge in [0.1, 0.15) is 17.9 Å². The van der Waals surface area contributed by atoms with Gasteiger partial charge in [-0.1, -0.05) is 6.08 Å². The topological polar surface area (TPSA) is 106 Å². The summed E-state index contributed by atoms with van der Waals surface area (Å²) in [4.78, 5) is 38.9. The normalized spacial score (nSPS) is 16.9. The van der Waals surface area contributed by atoms with Gasteiger partial charge in [0.25, 0.3) is 11.5 Å². The van der Waals surface area contributed by atoms with Crippen LogP contribution in [0, 0.1) is 0 Å². The van der Waals surface area contributed by atoms with Gasteiger partial charge >= 0.3 is 5.97 Å². The largest absolute Gasteiger partial charge is 0.480 e. The molecule has 9 nitrogen and oxygen atoms in total. The van der Waals surface area contributed by atoms with Gasteiger partial charge in [-0.2, -0.15) is 9.61 Å². The van der Waals surface area contributed by atoms with Crippen LogP contribution in [-0.4, -0.2) is 55.3 Å². The molecule has 0 atom stereocenters. The number of carboxylic acids is 1. The summed E-state index contributed by atoms with van der Waals surface area (Å²) in [7, 11) is 0. The second-order valence-electron chi connectivity index (χ2n) is 6.99. The van der Waals surface area contributed by atoms with Gasteiger partial charge in [0.15, 0.2) is 0 Å². The predicted molar refractivity (Wildman–Crippen MR) is 95.5 cm³/mol. The lowest BCUT2D eigenvalue weighted by Gasteiger charge is -2.19. The van der Waals surface area contributed by atoms with E-state index in [9.17, 15) is 19.5 Å². The van der Waals surface area contributed by atoms with E-state index in [2.05, 4.69) is 5.10 Å². The highest BCUT2D eigenvalue weighted by Crippen LogP contribution is 2.26. The van der Waals surface area contributed by atoms with Crippen LogP contribution in [-0.2, 0) is 22.6 Å². The Labute approximate surface area is 154 Å². The monoisotopic (exact) mass is 372 g/mol. The van der Waals surface area contributed by atoms with Crippen LogP contribution < -0.4 is 5.56 Å². The fraction of sp³-hybridized carbons (Fsp3) is 0.444. The molecule has 2 aliphatic heterocycles. The van der Waals surface area contributed by atoms with E-state index in [0.717, 1.165) is 5.57 Å². The average molecular weight is 372 g/mol. The molecular formula is C18H20N4O5. The number of hydrogen-bond donors (Lipinski definition) is 1. The SMILES string of the molecule is CC(C)N1Cc2c(n(CC(=O)O)c3cc(C4=CCOCC4)nn3c2=O)C1=O. The van der Waals surface area contributed by atoms with Crippen molar-refractivity contribution in [2.75, 3.05) is 13.2 Å². The van der Waals surface area contributed by atoms with E-state index >= 15 is 0 Å². The zero-order valence-corrected chi connectivity index (χ0v) is 15.1. The van der Waals surface area contributed by atoms with E-state index in [-0.39, 0.29) is 35.3 Å². The molecule has 0 fully saturated rings. The van der Waals surface area contributed by atoms with Gasteiger partial charge in [-0.25, -0.2) is 0 Å². The highest BCUT2D eigenvalue weighted by molar-refractivity contribution is 5.98. The molecule has 27 heavy (non-hydrogen) atoms. The molecule has 1 N–H and O–H groups in total. The Balaban J connectivity index is 1.96. The Kier molecular flexibility index (Phi) is 4.11. The van der Waals surface area contributed by atoms with Gasteiger partial charge in [0, 0.05) is 12.1 Å². The molecule has 2 aliphatic rings. The van der Waals surface area contributed by atoms with Crippen LogP contribution in [0.3, 0.4) is 0 Å². The molecule has 0 aliphatic carbocycles. The summed E-state index contributed by atoms with van der Waals surface area (Å²) in [5.41, 5.74) is 1.92. The number of carbonyl (C=O) groups is 2. The number of fused-ring (bicyclic) bond motifs is 2. The average Bonchev–Trinajstić information content (AvgIpc) is 3.22. The lowest BCUT2D eigenvalue weighted by Crippen LogP contribution is -2.32. The number of ether oxygens (including phenoxy) is 1. The van der Waals surface area contributed by atoms with Crippen molar-refractivity contribution in [2.24, 2.45) is 0 Å². The number of rotatable bonds is 4. The molecule has 0 unspecified atom stereocenters. The lowest BCUT2D eigenvalue weighted by molar-refractivity contribution is -0.137. The van der Waals surface area contributed by atoms with Crippen LogP contribution in [0.4, 0.5) is 0 Å². The molecule has 0 radical (unpaired) electrons.